The van der Waals surface area contributed by atoms with Crippen molar-refractivity contribution in [1.82, 2.24) is 20.1 Å². The van der Waals surface area contributed by atoms with Crippen molar-refractivity contribution < 1.29 is 17.6 Å². The molecule has 0 spiro atoms. The van der Waals surface area contributed by atoms with E-state index in [9.17, 15) is 17.6 Å². The molecule has 2 aliphatic heterocycles. The van der Waals surface area contributed by atoms with Crippen LogP contribution in [0, 0.1) is 11.7 Å². The van der Waals surface area contributed by atoms with Gasteiger partial charge >= 0.3 is 0 Å². The lowest BCUT2D eigenvalue weighted by Gasteiger charge is -2.32. The average Bonchev–Trinajstić information content (AvgIpc) is 3.21. The summed E-state index contributed by atoms with van der Waals surface area (Å²) in [5.74, 6) is -0.395. The van der Waals surface area contributed by atoms with Gasteiger partial charge in [0.15, 0.2) is 0 Å². The molecule has 0 saturated carbocycles. The molecule has 7 nitrogen and oxygen atoms in total. The lowest BCUT2D eigenvalue weighted by Crippen LogP contribution is -2.45. The summed E-state index contributed by atoms with van der Waals surface area (Å²) in [7, 11) is -1.43. The van der Waals surface area contributed by atoms with Crippen molar-refractivity contribution in [1.29, 1.82) is 0 Å². The second kappa shape index (κ2) is 10.8. The standard InChI is InChI=1S/C22H35FN4O3S/c1-26(22(28)18-9-7-13-27(16-18)31(2,29)30)12-5-3-4-11-20-15-21(25-24-20)17-8-6-10-19(23)14-17/h6,8,10,14,18,20-21,24-25H,3-5,7,9,11-13,15-16H2,1-2H3. The van der Waals surface area contributed by atoms with E-state index in [0.717, 1.165) is 50.5 Å². The number of hydrazine groups is 1. The molecule has 2 fully saturated rings. The fourth-order valence-corrected chi connectivity index (χ4v) is 5.45. The van der Waals surface area contributed by atoms with Gasteiger partial charge in [-0.15, -0.1) is 0 Å². The number of hydrogen-bond donors (Lipinski definition) is 2. The maximum Gasteiger partial charge on any atom is 0.226 e. The number of carbonyl (C=O) groups is 1. The summed E-state index contributed by atoms with van der Waals surface area (Å²) < 4.78 is 38.4. The number of unbranched alkanes of at least 4 members (excludes halogenated alkanes) is 2. The molecule has 2 saturated heterocycles. The maximum atomic E-state index is 13.4. The first-order chi connectivity index (χ1) is 14.7. The van der Waals surface area contributed by atoms with Gasteiger partial charge in [-0.25, -0.2) is 17.1 Å². The number of benzene rings is 1. The van der Waals surface area contributed by atoms with E-state index >= 15 is 0 Å². The van der Waals surface area contributed by atoms with Gasteiger partial charge in [-0.3, -0.25) is 15.6 Å². The van der Waals surface area contributed by atoms with Crippen molar-refractivity contribution in [2.75, 3.05) is 32.9 Å². The number of nitrogens with one attached hydrogen (secondary N) is 2. The molecule has 1 aromatic carbocycles. The number of piperidine rings is 1. The van der Waals surface area contributed by atoms with E-state index in [1.165, 1.54) is 16.6 Å². The highest BCUT2D eigenvalue weighted by molar-refractivity contribution is 7.88. The molecule has 0 radical (unpaired) electrons. The topological polar surface area (TPSA) is 81.8 Å². The lowest BCUT2D eigenvalue weighted by atomic mass is 9.97. The van der Waals surface area contributed by atoms with E-state index in [1.54, 1.807) is 17.0 Å². The minimum absolute atomic E-state index is 0.0490. The Kier molecular flexibility index (Phi) is 8.43. The Balaban J connectivity index is 1.32. The van der Waals surface area contributed by atoms with E-state index in [2.05, 4.69) is 10.9 Å². The Morgan fingerprint density at radius 2 is 2.06 bits per heavy atom. The summed E-state index contributed by atoms with van der Waals surface area (Å²) in [6.45, 7) is 1.50. The van der Waals surface area contributed by atoms with E-state index in [0.29, 0.717) is 25.7 Å². The van der Waals surface area contributed by atoms with Crippen LogP contribution in [0.4, 0.5) is 4.39 Å². The van der Waals surface area contributed by atoms with Gasteiger partial charge in [0.1, 0.15) is 5.82 Å². The van der Waals surface area contributed by atoms with Gasteiger partial charge in [-0.1, -0.05) is 25.0 Å². The molecule has 0 bridgehead atoms. The molecule has 174 valence electrons. The zero-order valence-electron chi connectivity index (χ0n) is 18.5. The summed E-state index contributed by atoms with van der Waals surface area (Å²) in [6.07, 6.45) is 7.67. The molecule has 2 heterocycles. The third-order valence-corrected chi connectivity index (χ3v) is 7.63. The second-order valence-corrected chi connectivity index (χ2v) is 10.9. The smallest absolute Gasteiger partial charge is 0.226 e. The Labute approximate surface area is 185 Å². The van der Waals surface area contributed by atoms with Crippen LogP contribution >= 0.6 is 0 Å². The maximum absolute atomic E-state index is 13.4. The highest BCUT2D eigenvalue weighted by Crippen LogP contribution is 2.25. The molecule has 0 aromatic heterocycles. The summed E-state index contributed by atoms with van der Waals surface area (Å²) in [6, 6.07) is 7.21. The number of hydrogen-bond acceptors (Lipinski definition) is 5. The lowest BCUT2D eigenvalue weighted by molar-refractivity contribution is -0.135. The minimum Gasteiger partial charge on any atom is -0.345 e. The Morgan fingerprint density at radius 3 is 2.81 bits per heavy atom. The zero-order chi connectivity index (χ0) is 22.4. The molecule has 3 unspecified atom stereocenters. The fourth-order valence-electron chi connectivity index (χ4n) is 4.54. The average molecular weight is 455 g/mol. The van der Waals surface area contributed by atoms with Crippen molar-refractivity contribution in [3.8, 4) is 0 Å². The van der Waals surface area contributed by atoms with Crippen molar-refractivity contribution in [3.05, 3.63) is 35.6 Å². The highest BCUT2D eigenvalue weighted by atomic mass is 32.2. The first kappa shape index (κ1) is 24.1. The second-order valence-electron chi connectivity index (χ2n) is 8.90. The Bertz CT molecular complexity index is 851. The molecule has 31 heavy (non-hydrogen) atoms. The van der Waals surface area contributed by atoms with E-state index in [4.69, 9.17) is 0 Å². The molecular formula is C22H35FN4O3S. The normalized spacial score (nSPS) is 24.9. The van der Waals surface area contributed by atoms with Crippen LogP contribution in [-0.4, -0.2) is 62.5 Å². The Hall–Kier alpha value is -1.55. The summed E-state index contributed by atoms with van der Waals surface area (Å²) in [5, 5.41) is 0. The number of amides is 1. The van der Waals surface area contributed by atoms with Crippen LogP contribution in [0.2, 0.25) is 0 Å². The van der Waals surface area contributed by atoms with E-state index in [1.807, 2.05) is 13.1 Å². The van der Waals surface area contributed by atoms with Gasteiger partial charge < -0.3 is 4.90 Å². The molecule has 2 N–H and O–H groups in total. The third-order valence-electron chi connectivity index (χ3n) is 6.36. The molecule has 1 amide bonds. The van der Waals surface area contributed by atoms with Gasteiger partial charge in [0.05, 0.1) is 12.2 Å². The first-order valence-electron chi connectivity index (χ1n) is 11.2. The zero-order valence-corrected chi connectivity index (χ0v) is 19.3. The third kappa shape index (κ3) is 6.97. The van der Waals surface area contributed by atoms with Crippen LogP contribution in [0.25, 0.3) is 0 Å². The summed E-state index contributed by atoms with van der Waals surface area (Å²) in [5.41, 5.74) is 7.53. The summed E-state index contributed by atoms with van der Waals surface area (Å²) in [4.78, 5) is 14.5. The number of nitrogens with zero attached hydrogens (tertiary/aromatic N) is 2. The SMILES string of the molecule is CN(CCCCCC1CC(c2cccc(F)c2)NN1)C(=O)C1CCCN(S(C)(=O)=O)C1. The van der Waals surface area contributed by atoms with Gasteiger partial charge in [-0.05, 0) is 49.8 Å². The summed E-state index contributed by atoms with van der Waals surface area (Å²) >= 11 is 0. The van der Waals surface area contributed by atoms with E-state index < -0.39 is 10.0 Å². The predicted molar refractivity (Wildman–Crippen MR) is 119 cm³/mol. The highest BCUT2D eigenvalue weighted by Gasteiger charge is 2.31. The number of rotatable bonds is 9. The molecule has 3 rings (SSSR count). The van der Waals surface area contributed by atoms with Crippen molar-refractivity contribution in [2.45, 2.75) is 57.0 Å². The van der Waals surface area contributed by atoms with Crippen molar-refractivity contribution >= 4 is 15.9 Å². The Morgan fingerprint density at radius 1 is 1.26 bits per heavy atom. The molecule has 3 atom stereocenters. The quantitative estimate of drug-likeness (QED) is 0.560. The molecule has 1 aromatic rings. The van der Waals surface area contributed by atoms with Crippen molar-refractivity contribution in [2.24, 2.45) is 5.92 Å². The first-order valence-corrected chi connectivity index (χ1v) is 13.1. The minimum atomic E-state index is -3.24. The van der Waals surface area contributed by atoms with Gasteiger partial charge in [0, 0.05) is 38.8 Å². The van der Waals surface area contributed by atoms with Gasteiger partial charge in [0.2, 0.25) is 15.9 Å². The fraction of sp³-hybridized carbons (Fsp3) is 0.682. The van der Waals surface area contributed by atoms with Gasteiger partial charge in [0.25, 0.3) is 0 Å². The number of carbonyl (C=O) groups excluding carboxylic acids is 1. The number of halogens is 1. The predicted octanol–water partition coefficient (Wildman–Crippen LogP) is 2.42. The van der Waals surface area contributed by atoms with Crippen LogP contribution in [0.15, 0.2) is 24.3 Å². The molecule has 9 heteroatoms. The number of sulfonamides is 1. The van der Waals surface area contributed by atoms with Crippen LogP contribution < -0.4 is 10.9 Å². The van der Waals surface area contributed by atoms with Gasteiger partial charge in [-0.2, -0.15) is 0 Å². The van der Waals surface area contributed by atoms with Crippen LogP contribution in [0.3, 0.4) is 0 Å². The van der Waals surface area contributed by atoms with Crippen LogP contribution in [0.5, 0.6) is 0 Å². The largest absolute Gasteiger partial charge is 0.345 e. The van der Waals surface area contributed by atoms with Crippen LogP contribution in [0.1, 0.15) is 56.6 Å². The molecule has 2 aliphatic rings. The molecule has 0 aliphatic carbocycles. The van der Waals surface area contributed by atoms with Crippen molar-refractivity contribution in [3.63, 3.8) is 0 Å². The van der Waals surface area contributed by atoms with Crippen LogP contribution in [-0.2, 0) is 14.8 Å². The monoisotopic (exact) mass is 454 g/mol. The molecular weight excluding hydrogens is 419 g/mol. The van der Waals surface area contributed by atoms with E-state index in [-0.39, 0.29) is 23.7 Å².